The van der Waals surface area contributed by atoms with Crippen LogP contribution in [0.1, 0.15) is 36.8 Å². The van der Waals surface area contributed by atoms with Gasteiger partial charge in [0.05, 0.1) is 26.5 Å². The second kappa shape index (κ2) is 12.6. The van der Waals surface area contributed by atoms with Gasteiger partial charge in [0.15, 0.2) is 11.5 Å². The predicted molar refractivity (Wildman–Crippen MR) is 149 cm³/mol. The molecule has 0 spiro atoms. The van der Waals surface area contributed by atoms with Crippen LogP contribution in [0.15, 0.2) is 39.7 Å². The van der Waals surface area contributed by atoms with E-state index in [1.807, 2.05) is 6.07 Å². The fourth-order valence-electron chi connectivity index (χ4n) is 4.09. The van der Waals surface area contributed by atoms with Crippen molar-refractivity contribution < 1.29 is 23.9 Å². The van der Waals surface area contributed by atoms with Gasteiger partial charge in [-0.05, 0) is 82.0 Å². The molecule has 0 unspecified atom stereocenters. The van der Waals surface area contributed by atoms with E-state index >= 15 is 0 Å². The Morgan fingerprint density at radius 2 is 1.81 bits per heavy atom. The van der Waals surface area contributed by atoms with E-state index in [2.05, 4.69) is 15.9 Å². The minimum absolute atomic E-state index is 0.196. The van der Waals surface area contributed by atoms with Crippen molar-refractivity contribution in [2.24, 2.45) is 0 Å². The second-order valence-electron chi connectivity index (χ2n) is 8.63. The summed E-state index contributed by atoms with van der Waals surface area (Å²) in [5, 5.41) is 0.447. The van der Waals surface area contributed by atoms with Crippen molar-refractivity contribution in [1.82, 2.24) is 9.80 Å². The summed E-state index contributed by atoms with van der Waals surface area (Å²) < 4.78 is 12.1. The van der Waals surface area contributed by atoms with E-state index in [4.69, 9.17) is 32.7 Å². The molecule has 2 aliphatic heterocycles. The van der Waals surface area contributed by atoms with Crippen molar-refractivity contribution in [2.75, 3.05) is 26.7 Å². The van der Waals surface area contributed by atoms with Crippen LogP contribution >= 0.6 is 50.9 Å². The third-order valence-corrected chi connectivity index (χ3v) is 8.28. The first-order valence-corrected chi connectivity index (χ1v) is 14.1. The van der Waals surface area contributed by atoms with Crippen LogP contribution < -0.4 is 9.47 Å². The molecule has 0 aliphatic carbocycles. The van der Waals surface area contributed by atoms with Crippen LogP contribution in [0.5, 0.6) is 11.5 Å². The highest BCUT2D eigenvalue weighted by Gasteiger charge is 2.37. The molecule has 0 atom stereocenters. The Labute approximate surface area is 238 Å². The molecule has 0 saturated carbocycles. The van der Waals surface area contributed by atoms with E-state index in [1.165, 1.54) is 7.11 Å². The first kappa shape index (κ1) is 27.8. The average molecular weight is 628 g/mol. The quantitative estimate of drug-likeness (QED) is 0.315. The van der Waals surface area contributed by atoms with Gasteiger partial charge < -0.3 is 14.4 Å². The molecule has 0 N–H and O–H groups in total. The Hall–Kier alpha value is -2.20. The number of likely N-dealkylation sites (tertiary alicyclic amines) is 1. The van der Waals surface area contributed by atoms with E-state index in [1.54, 1.807) is 35.2 Å². The zero-order valence-electron chi connectivity index (χ0n) is 20.1. The fraction of sp³-hybridized carbons (Fsp3) is 0.346. The normalized spacial score (nSPS) is 17.4. The SMILES string of the molecule is COc1cc(C=C2SC(=O)N(CC(=O)N3CCCCCC3)C2=O)cc(Br)c1OCc1ccc(Cl)c(Cl)c1. The van der Waals surface area contributed by atoms with Gasteiger partial charge in [0.25, 0.3) is 11.1 Å². The lowest BCUT2D eigenvalue weighted by Crippen LogP contribution is -2.42. The lowest BCUT2D eigenvalue weighted by Gasteiger charge is -2.22. The summed E-state index contributed by atoms with van der Waals surface area (Å²) in [6.45, 7) is 1.32. The molecule has 0 bridgehead atoms. The van der Waals surface area contributed by atoms with Gasteiger partial charge in [0.1, 0.15) is 13.2 Å². The number of hydrogen-bond acceptors (Lipinski definition) is 6. The van der Waals surface area contributed by atoms with Gasteiger partial charge in [-0.1, -0.05) is 42.1 Å². The Balaban J connectivity index is 1.47. The number of carbonyl (C=O) groups excluding carboxylic acids is 3. The van der Waals surface area contributed by atoms with Gasteiger partial charge in [-0.3, -0.25) is 19.3 Å². The van der Waals surface area contributed by atoms with E-state index in [0.29, 0.717) is 44.7 Å². The predicted octanol–water partition coefficient (Wildman–Crippen LogP) is 6.78. The van der Waals surface area contributed by atoms with Gasteiger partial charge >= 0.3 is 0 Å². The first-order valence-electron chi connectivity index (χ1n) is 11.7. The number of rotatable bonds is 7. The van der Waals surface area contributed by atoms with Crippen molar-refractivity contribution in [3.63, 3.8) is 0 Å². The summed E-state index contributed by atoms with van der Waals surface area (Å²) in [6, 6.07) is 8.73. The number of ether oxygens (including phenoxy) is 2. The van der Waals surface area contributed by atoms with Gasteiger partial charge in [0.2, 0.25) is 5.91 Å². The lowest BCUT2D eigenvalue weighted by molar-refractivity contribution is -0.135. The average Bonchev–Trinajstić information content (AvgIpc) is 3.05. The highest BCUT2D eigenvalue weighted by atomic mass is 79.9. The van der Waals surface area contributed by atoms with E-state index in [-0.39, 0.29) is 24.0 Å². The molecule has 2 heterocycles. The van der Waals surface area contributed by atoms with Crippen molar-refractivity contribution in [3.8, 4) is 11.5 Å². The van der Waals surface area contributed by atoms with Crippen LogP contribution in [0.4, 0.5) is 4.79 Å². The second-order valence-corrected chi connectivity index (χ2v) is 11.3. The Bertz CT molecular complexity index is 1250. The van der Waals surface area contributed by atoms with Crippen LogP contribution in [0, 0.1) is 0 Å². The number of halogens is 3. The summed E-state index contributed by atoms with van der Waals surface area (Å²) in [5.41, 5.74) is 1.46. The number of methoxy groups -OCH3 is 1. The van der Waals surface area contributed by atoms with E-state index < -0.39 is 11.1 Å². The molecule has 4 rings (SSSR count). The van der Waals surface area contributed by atoms with Gasteiger partial charge in [0, 0.05) is 13.1 Å². The number of carbonyl (C=O) groups is 3. The van der Waals surface area contributed by atoms with Crippen LogP contribution in [-0.2, 0) is 16.2 Å². The van der Waals surface area contributed by atoms with Gasteiger partial charge in [-0.2, -0.15) is 0 Å². The number of amides is 3. The molecule has 2 saturated heterocycles. The molecule has 3 amide bonds. The summed E-state index contributed by atoms with van der Waals surface area (Å²) in [4.78, 5) is 41.3. The Kier molecular flexibility index (Phi) is 9.45. The molecular weight excluding hydrogens is 603 g/mol. The van der Waals surface area contributed by atoms with E-state index in [0.717, 1.165) is 47.9 Å². The smallest absolute Gasteiger partial charge is 0.294 e. The van der Waals surface area contributed by atoms with Crippen molar-refractivity contribution in [2.45, 2.75) is 32.3 Å². The fourth-order valence-corrected chi connectivity index (χ4v) is 5.82. The summed E-state index contributed by atoms with van der Waals surface area (Å²) in [5.74, 6) is 0.240. The molecule has 37 heavy (non-hydrogen) atoms. The zero-order chi connectivity index (χ0) is 26.5. The summed E-state index contributed by atoms with van der Waals surface area (Å²) >= 11 is 16.4. The maximum absolute atomic E-state index is 13.0. The maximum atomic E-state index is 13.0. The zero-order valence-corrected chi connectivity index (χ0v) is 24.0. The Morgan fingerprint density at radius 3 is 2.49 bits per heavy atom. The van der Waals surface area contributed by atoms with Crippen molar-refractivity contribution in [1.29, 1.82) is 0 Å². The summed E-state index contributed by atoms with van der Waals surface area (Å²) in [7, 11) is 1.51. The molecule has 2 aromatic carbocycles. The molecule has 0 radical (unpaired) electrons. The number of thioether (sulfide) groups is 1. The largest absolute Gasteiger partial charge is 0.493 e. The molecule has 196 valence electrons. The number of benzene rings is 2. The number of nitrogens with zero attached hydrogens (tertiary/aromatic N) is 2. The van der Waals surface area contributed by atoms with Crippen molar-refractivity contribution in [3.05, 3.63) is 60.9 Å². The minimum Gasteiger partial charge on any atom is -0.493 e. The third kappa shape index (κ3) is 6.82. The summed E-state index contributed by atoms with van der Waals surface area (Å²) in [6.07, 6.45) is 5.67. The van der Waals surface area contributed by atoms with E-state index in [9.17, 15) is 14.4 Å². The third-order valence-electron chi connectivity index (χ3n) is 6.04. The molecule has 11 heteroatoms. The number of hydrogen-bond donors (Lipinski definition) is 0. The molecule has 2 aromatic rings. The first-order chi connectivity index (χ1) is 17.8. The van der Waals surface area contributed by atoms with Crippen LogP contribution in [0.25, 0.3) is 6.08 Å². The minimum atomic E-state index is -0.479. The highest BCUT2D eigenvalue weighted by Crippen LogP contribution is 2.39. The van der Waals surface area contributed by atoms with Crippen LogP contribution in [0.3, 0.4) is 0 Å². The van der Waals surface area contributed by atoms with Crippen LogP contribution in [-0.4, -0.2) is 53.6 Å². The Morgan fingerprint density at radius 1 is 1.08 bits per heavy atom. The molecule has 0 aromatic heterocycles. The van der Waals surface area contributed by atoms with Gasteiger partial charge in [-0.25, -0.2) is 0 Å². The standard InChI is InChI=1S/C26H25BrCl2N2O5S/c1-35-21-12-17(10-18(27)24(21)36-15-16-6-7-19(28)20(29)11-16)13-22-25(33)31(26(34)37-22)14-23(32)30-8-4-2-3-5-9-30/h6-7,10-13H,2-5,8-9,14-15H2,1H3. The molecule has 2 aliphatic rings. The topological polar surface area (TPSA) is 76.2 Å². The maximum Gasteiger partial charge on any atom is 0.294 e. The van der Waals surface area contributed by atoms with Gasteiger partial charge in [-0.15, -0.1) is 0 Å². The van der Waals surface area contributed by atoms with Crippen molar-refractivity contribution >= 4 is 74.0 Å². The highest BCUT2D eigenvalue weighted by molar-refractivity contribution is 9.10. The monoisotopic (exact) mass is 626 g/mol. The molecule has 2 fully saturated rings. The molecular formula is C26H25BrCl2N2O5S. The number of imide groups is 1. The van der Waals surface area contributed by atoms with Crippen LogP contribution in [0.2, 0.25) is 10.0 Å². The molecule has 7 nitrogen and oxygen atoms in total. The lowest BCUT2D eigenvalue weighted by atomic mass is 10.1.